The van der Waals surface area contributed by atoms with Crippen molar-refractivity contribution < 1.29 is 31.9 Å². The van der Waals surface area contributed by atoms with Gasteiger partial charge in [-0.15, -0.1) is 0 Å². The van der Waals surface area contributed by atoms with Crippen LogP contribution in [-0.2, 0) is 20.7 Å². The second-order valence-electron chi connectivity index (χ2n) is 5.15. The van der Waals surface area contributed by atoms with Crippen molar-refractivity contribution >= 4 is 17.6 Å². The molecule has 1 atom stereocenters. The maximum Gasteiger partial charge on any atom is 0.311 e. The first-order chi connectivity index (χ1) is 11.8. The molecule has 4 nitrogen and oxygen atoms in total. The van der Waals surface area contributed by atoms with E-state index in [0.29, 0.717) is 11.6 Å². The number of carbonyl (C=O) groups is 2. The highest BCUT2D eigenvalue weighted by molar-refractivity contribution is 5.95. The summed E-state index contributed by atoms with van der Waals surface area (Å²) in [5.41, 5.74) is -0.235. The summed E-state index contributed by atoms with van der Waals surface area (Å²) < 4.78 is 57.3. The fraction of sp³-hybridized carbons (Fsp3) is 0.176. The highest BCUT2D eigenvalue weighted by Gasteiger charge is 2.21. The number of benzene rings is 2. The van der Waals surface area contributed by atoms with E-state index >= 15 is 0 Å². The van der Waals surface area contributed by atoms with Gasteiger partial charge in [-0.05, 0) is 36.8 Å². The molecule has 0 saturated heterocycles. The zero-order valence-electron chi connectivity index (χ0n) is 13.0. The van der Waals surface area contributed by atoms with E-state index < -0.39 is 46.9 Å². The van der Waals surface area contributed by atoms with Crippen molar-refractivity contribution in [3.8, 4) is 0 Å². The second kappa shape index (κ2) is 7.78. The van der Waals surface area contributed by atoms with Gasteiger partial charge in [-0.25, -0.2) is 17.6 Å². The summed E-state index contributed by atoms with van der Waals surface area (Å²) in [4.78, 5) is 23.6. The van der Waals surface area contributed by atoms with Crippen molar-refractivity contribution in [2.75, 3.05) is 5.32 Å². The number of esters is 1. The van der Waals surface area contributed by atoms with E-state index in [1.807, 2.05) is 5.32 Å². The predicted molar refractivity (Wildman–Crippen MR) is 80.6 cm³/mol. The lowest BCUT2D eigenvalue weighted by atomic mass is 10.1. The van der Waals surface area contributed by atoms with Gasteiger partial charge in [0.25, 0.3) is 5.91 Å². The summed E-state index contributed by atoms with van der Waals surface area (Å²) in [6.07, 6.45) is -1.59. The summed E-state index contributed by atoms with van der Waals surface area (Å²) in [5, 5.41) is 2.00. The molecular weight excluding hydrogens is 342 g/mol. The van der Waals surface area contributed by atoms with Crippen LogP contribution in [0.3, 0.4) is 0 Å². The van der Waals surface area contributed by atoms with Gasteiger partial charge in [0.2, 0.25) is 0 Å². The summed E-state index contributed by atoms with van der Waals surface area (Å²) >= 11 is 0. The zero-order valence-corrected chi connectivity index (χ0v) is 13.0. The maximum atomic E-state index is 13.5. The van der Waals surface area contributed by atoms with Gasteiger partial charge in [-0.2, -0.15) is 0 Å². The van der Waals surface area contributed by atoms with Crippen LogP contribution in [-0.4, -0.2) is 18.0 Å². The third-order valence-electron chi connectivity index (χ3n) is 3.21. The van der Waals surface area contributed by atoms with Crippen molar-refractivity contribution in [2.24, 2.45) is 0 Å². The van der Waals surface area contributed by atoms with Gasteiger partial charge in [-0.1, -0.05) is 12.1 Å². The molecule has 0 saturated carbocycles. The Balaban J connectivity index is 1.96. The molecule has 0 aliphatic rings. The quantitative estimate of drug-likeness (QED) is 0.508. The molecule has 0 aromatic heterocycles. The van der Waals surface area contributed by atoms with E-state index in [9.17, 15) is 27.2 Å². The van der Waals surface area contributed by atoms with E-state index in [1.54, 1.807) is 0 Å². The van der Waals surface area contributed by atoms with E-state index in [2.05, 4.69) is 0 Å². The first-order valence-corrected chi connectivity index (χ1v) is 7.16. The van der Waals surface area contributed by atoms with Crippen molar-refractivity contribution in [1.29, 1.82) is 0 Å². The van der Waals surface area contributed by atoms with Gasteiger partial charge in [-0.3, -0.25) is 9.59 Å². The van der Waals surface area contributed by atoms with Crippen LogP contribution in [0.2, 0.25) is 0 Å². The van der Waals surface area contributed by atoms with Gasteiger partial charge in [0, 0.05) is 0 Å². The molecule has 2 rings (SSSR count). The minimum absolute atomic E-state index is 0.269. The highest BCUT2D eigenvalue weighted by Crippen LogP contribution is 2.20. The highest BCUT2D eigenvalue weighted by atomic mass is 19.2. The maximum absolute atomic E-state index is 13.5. The van der Waals surface area contributed by atoms with E-state index in [-0.39, 0.29) is 6.42 Å². The van der Waals surface area contributed by atoms with Gasteiger partial charge < -0.3 is 10.1 Å². The first kappa shape index (κ1) is 18.4. The molecule has 0 aliphatic carbocycles. The predicted octanol–water partition coefficient (Wildman–Crippen LogP) is 3.36. The molecule has 1 N–H and O–H groups in total. The van der Waals surface area contributed by atoms with Gasteiger partial charge in [0.05, 0.1) is 12.1 Å². The van der Waals surface area contributed by atoms with Crippen molar-refractivity contribution in [2.45, 2.75) is 19.4 Å². The van der Waals surface area contributed by atoms with Crippen LogP contribution >= 0.6 is 0 Å². The van der Waals surface area contributed by atoms with Gasteiger partial charge in [0.15, 0.2) is 23.6 Å². The Morgan fingerprint density at radius 1 is 1.08 bits per heavy atom. The molecule has 132 valence electrons. The number of hydrogen-bond acceptors (Lipinski definition) is 3. The molecule has 0 aliphatic heterocycles. The molecule has 2 aromatic carbocycles. The summed E-state index contributed by atoms with van der Waals surface area (Å²) in [6.45, 7) is 1.22. The standard InChI is InChI=1S/C17H13F4NO3/c1-9(25-14(23)8-10-3-2-4-11(18)7-10)17(24)22-13-6-5-12(19)15(20)16(13)21/h2-7,9H,8H2,1H3,(H,22,24)/t9-/m1/s1. The lowest BCUT2D eigenvalue weighted by Gasteiger charge is -2.14. The van der Waals surface area contributed by atoms with Crippen molar-refractivity contribution in [3.63, 3.8) is 0 Å². The van der Waals surface area contributed by atoms with E-state index in [1.165, 1.54) is 25.1 Å². The number of carbonyl (C=O) groups excluding carboxylic acids is 2. The largest absolute Gasteiger partial charge is 0.452 e. The molecule has 0 heterocycles. The van der Waals surface area contributed by atoms with Crippen LogP contribution in [0.25, 0.3) is 0 Å². The Morgan fingerprint density at radius 3 is 2.48 bits per heavy atom. The minimum atomic E-state index is -1.73. The van der Waals surface area contributed by atoms with Crippen LogP contribution in [0.1, 0.15) is 12.5 Å². The number of nitrogens with one attached hydrogen (secondary N) is 1. The average Bonchev–Trinajstić information content (AvgIpc) is 2.55. The number of rotatable bonds is 5. The number of amides is 1. The average molecular weight is 355 g/mol. The SMILES string of the molecule is C[C@@H](OC(=O)Cc1cccc(F)c1)C(=O)Nc1ccc(F)c(F)c1F. The van der Waals surface area contributed by atoms with Crippen molar-refractivity contribution in [3.05, 3.63) is 65.2 Å². The van der Waals surface area contributed by atoms with Crippen LogP contribution in [0.15, 0.2) is 36.4 Å². The Kier molecular flexibility index (Phi) is 5.74. The molecule has 0 bridgehead atoms. The Bertz CT molecular complexity index is 810. The number of hydrogen-bond donors (Lipinski definition) is 1. The van der Waals surface area contributed by atoms with Gasteiger partial charge in [0.1, 0.15) is 5.82 Å². The molecule has 25 heavy (non-hydrogen) atoms. The monoisotopic (exact) mass is 355 g/mol. The van der Waals surface area contributed by atoms with Crippen molar-refractivity contribution in [1.82, 2.24) is 0 Å². The molecule has 0 unspecified atom stereocenters. The summed E-state index contributed by atoms with van der Waals surface area (Å²) in [5.74, 6) is -6.95. The lowest BCUT2D eigenvalue weighted by Crippen LogP contribution is -2.31. The number of ether oxygens (including phenoxy) is 1. The molecule has 0 spiro atoms. The van der Waals surface area contributed by atoms with E-state index in [4.69, 9.17) is 4.74 Å². The summed E-state index contributed by atoms with van der Waals surface area (Å²) in [7, 11) is 0. The van der Waals surface area contributed by atoms with Crippen LogP contribution in [0.4, 0.5) is 23.2 Å². The fourth-order valence-corrected chi connectivity index (χ4v) is 1.96. The second-order valence-corrected chi connectivity index (χ2v) is 5.15. The molecule has 8 heteroatoms. The third kappa shape index (κ3) is 4.79. The Labute approximate surface area is 140 Å². The first-order valence-electron chi connectivity index (χ1n) is 7.16. The lowest BCUT2D eigenvalue weighted by molar-refractivity contribution is -0.152. The number of halogens is 4. The molecule has 0 radical (unpaired) electrons. The smallest absolute Gasteiger partial charge is 0.311 e. The normalized spacial score (nSPS) is 11.7. The van der Waals surface area contributed by atoms with Crippen LogP contribution < -0.4 is 5.32 Å². The minimum Gasteiger partial charge on any atom is -0.452 e. The molecular formula is C17H13F4NO3. The molecule has 1 amide bonds. The van der Waals surface area contributed by atoms with E-state index in [0.717, 1.165) is 12.1 Å². The Hall–Kier alpha value is -2.90. The molecule has 2 aromatic rings. The third-order valence-corrected chi connectivity index (χ3v) is 3.21. The van der Waals surface area contributed by atoms with Gasteiger partial charge >= 0.3 is 5.97 Å². The topological polar surface area (TPSA) is 55.4 Å². The van der Waals surface area contributed by atoms with Crippen LogP contribution in [0, 0.1) is 23.3 Å². The number of anilines is 1. The van der Waals surface area contributed by atoms with Crippen LogP contribution in [0.5, 0.6) is 0 Å². The zero-order chi connectivity index (χ0) is 18.6. The molecule has 0 fully saturated rings. The fourth-order valence-electron chi connectivity index (χ4n) is 1.96. The summed E-state index contributed by atoms with van der Waals surface area (Å²) in [6, 6.07) is 6.76. The Morgan fingerprint density at radius 2 is 1.80 bits per heavy atom.